The highest BCUT2D eigenvalue weighted by atomic mass is 16.1. The van der Waals surface area contributed by atoms with Gasteiger partial charge in [0.15, 0.2) is 0 Å². The lowest BCUT2D eigenvalue weighted by Gasteiger charge is -2.01. The molecule has 1 heterocycles. The SMILES string of the molecule is N#CC=CCc1cnccc1C(N)=O. The largest absolute Gasteiger partial charge is 0.366 e. The summed E-state index contributed by atoms with van der Waals surface area (Å²) in [5.41, 5.74) is 6.34. The number of carbonyl (C=O) groups excluding carboxylic acids is 1. The predicted molar refractivity (Wildman–Crippen MR) is 51.2 cm³/mol. The fourth-order valence-corrected chi connectivity index (χ4v) is 1.07. The lowest BCUT2D eigenvalue weighted by molar-refractivity contribution is 0.0999. The van der Waals surface area contributed by atoms with Gasteiger partial charge in [-0.2, -0.15) is 5.26 Å². The van der Waals surface area contributed by atoms with E-state index in [0.29, 0.717) is 12.0 Å². The van der Waals surface area contributed by atoms with Gasteiger partial charge in [0.1, 0.15) is 0 Å². The molecule has 0 fully saturated rings. The van der Waals surface area contributed by atoms with E-state index >= 15 is 0 Å². The summed E-state index contributed by atoms with van der Waals surface area (Å²) in [7, 11) is 0. The third-order valence-electron chi connectivity index (χ3n) is 1.70. The van der Waals surface area contributed by atoms with Crippen LogP contribution in [0.4, 0.5) is 0 Å². The van der Waals surface area contributed by atoms with Crippen molar-refractivity contribution in [1.82, 2.24) is 4.98 Å². The average molecular weight is 187 g/mol. The van der Waals surface area contributed by atoms with Crippen LogP contribution < -0.4 is 5.73 Å². The van der Waals surface area contributed by atoms with Crippen LogP contribution in [-0.4, -0.2) is 10.9 Å². The Morgan fingerprint density at radius 1 is 1.71 bits per heavy atom. The number of nitrogens with zero attached hydrogens (tertiary/aromatic N) is 2. The number of carbonyl (C=O) groups is 1. The first-order valence-electron chi connectivity index (χ1n) is 4.03. The number of pyridine rings is 1. The second-order valence-corrected chi connectivity index (χ2v) is 2.63. The van der Waals surface area contributed by atoms with Crippen molar-refractivity contribution in [1.29, 1.82) is 5.26 Å². The van der Waals surface area contributed by atoms with E-state index in [1.807, 2.05) is 6.07 Å². The van der Waals surface area contributed by atoms with Crippen molar-refractivity contribution in [2.24, 2.45) is 5.73 Å². The Balaban J connectivity index is 2.91. The number of hydrogen-bond acceptors (Lipinski definition) is 3. The second-order valence-electron chi connectivity index (χ2n) is 2.63. The molecule has 4 heteroatoms. The molecule has 1 rings (SSSR count). The number of nitriles is 1. The zero-order valence-corrected chi connectivity index (χ0v) is 7.47. The van der Waals surface area contributed by atoms with Gasteiger partial charge in [-0.15, -0.1) is 0 Å². The Labute approximate surface area is 81.7 Å². The highest BCUT2D eigenvalue weighted by Gasteiger charge is 2.05. The summed E-state index contributed by atoms with van der Waals surface area (Å²) in [6.45, 7) is 0. The summed E-state index contributed by atoms with van der Waals surface area (Å²) in [6, 6.07) is 3.44. The summed E-state index contributed by atoms with van der Waals surface area (Å²) in [6.07, 6.45) is 6.58. The fourth-order valence-electron chi connectivity index (χ4n) is 1.07. The van der Waals surface area contributed by atoms with Gasteiger partial charge in [0.05, 0.1) is 6.07 Å². The molecule has 4 nitrogen and oxygen atoms in total. The first-order valence-corrected chi connectivity index (χ1v) is 4.03. The molecule has 0 bridgehead atoms. The number of rotatable bonds is 3. The van der Waals surface area contributed by atoms with Crippen molar-refractivity contribution in [2.45, 2.75) is 6.42 Å². The fraction of sp³-hybridized carbons (Fsp3) is 0.100. The number of allylic oxidation sites excluding steroid dienone is 2. The van der Waals surface area contributed by atoms with Gasteiger partial charge >= 0.3 is 0 Å². The maximum absolute atomic E-state index is 11.0. The molecular formula is C10H9N3O. The van der Waals surface area contributed by atoms with E-state index in [4.69, 9.17) is 11.0 Å². The molecule has 0 spiro atoms. The van der Waals surface area contributed by atoms with Crippen LogP contribution in [0.1, 0.15) is 15.9 Å². The molecule has 0 atom stereocenters. The minimum Gasteiger partial charge on any atom is -0.366 e. The van der Waals surface area contributed by atoms with Gasteiger partial charge in [-0.05, 0) is 18.1 Å². The van der Waals surface area contributed by atoms with Crippen molar-refractivity contribution < 1.29 is 4.79 Å². The van der Waals surface area contributed by atoms with E-state index in [2.05, 4.69) is 4.98 Å². The maximum atomic E-state index is 11.0. The minimum atomic E-state index is -0.479. The van der Waals surface area contributed by atoms with Crippen LogP contribution in [0.15, 0.2) is 30.6 Å². The van der Waals surface area contributed by atoms with Crippen molar-refractivity contribution in [3.8, 4) is 6.07 Å². The highest BCUT2D eigenvalue weighted by molar-refractivity contribution is 5.94. The summed E-state index contributed by atoms with van der Waals surface area (Å²) < 4.78 is 0. The molecule has 0 radical (unpaired) electrons. The molecule has 0 aliphatic heterocycles. The van der Waals surface area contributed by atoms with Gasteiger partial charge in [0, 0.05) is 24.0 Å². The smallest absolute Gasteiger partial charge is 0.249 e. The van der Waals surface area contributed by atoms with Crippen LogP contribution in [0.25, 0.3) is 0 Å². The quantitative estimate of drug-likeness (QED) is 0.711. The van der Waals surface area contributed by atoms with Crippen molar-refractivity contribution >= 4 is 5.91 Å². The highest BCUT2D eigenvalue weighted by Crippen LogP contribution is 2.07. The van der Waals surface area contributed by atoms with Crippen LogP contribution >= 0.6 is 0 Å². The maximum Gasteiger partial charge on any atom is 0.249 e. The minimum absolute atomic E-state index is 0.447. The van der Waals surface area contributed by atoms with Crippen LogP contribution in [-0.2, 0) is 6.42 Å². The van der Waals surface area contributed by atoms with E-state index in [1.165, 1.54) is 12.3 Å². The zero-order chi connectivity index (χ0) is 10.4. The third-order valence-corrected chi connectivity index (χ3v) is 1.70. The summed E-state index contributed by atoms with van der Waals surface area (Å²) in [4.78, 5) is 14.8. The molecule has 0 saturated heterocycles. The third kappa shape index (κ3) is 2.42. The van der Waals surface area contributed by atoms with E-state index in [9.17, 15) is 4.79 Å². The Hall–Kier alpha value is -2.15. The van der Waals surface area contributed by atoms with Gasteiger partial charge in [-0.3, -0.25) is 9.78 Å². The molecule has 0 saturated carbocycles. The lowest BCUT2D eigenvalue weighted by Crippen LogP contribution is -2.13. The van der Waals surface area contributed by atoms with Gasteiger partial charge in [-0.1, -0.05) is 6.08 Å². The predicted octanol–water partition coefficient (Wildman–Crippen LogP) is 0.803. The van der Waals surface area contributed by atoms with Crippen LogP contribution in [0.2, 0.25) is 0 Å². The van der Waals surface area contributed by atoms with Crippen molar-refractivity contribution in [3.63, 3.8) is 0 Å². The summed E-state index contributed by atoms with van der Waals surface area (Å²) in [5.74, 6) is -0.479. The molecule has 1 amide bonds. The Morgan fingerprint density at radius 2 is 2.50 bits per heavy atom. The molecule has 0 aliphatic rings. The number of primary amides is 1. The Bertz CT molecular complexity index is 404. The first kappa shape index (κ1) is 9.93. The van der Waals surface area contributed by atoms with E-state index < -0.39 is 5.91 Å². The molecule has 70 valence electrons. The van der Waals surface area contributed by atoms with Gasteiger partial charge in [0.25, 0.3) is 0 Å². The lowest BCUT2D eigenvalue weighted by atomic mass is 10.1. The van der Waals surface area contributed by atoms with Gasteiger partial charge in [0.2, 0.25) is 5.91 Å². The normalized spacial score (nSPS) is 9.93. The van der Waals surface area contributed by atoms with E-state index in [1.54, 1.807) is 18.3 Å². The molecular weight excluding hydrogens is 178 g/mol. The van der Waals surface area contributed by atoms with Crippen LogP contribution in [0.5, 0.6) is 0 Å². The molecule has 0 unspecified atom stereocenters. The van der Waals surface area contributed by atoms with Crippen molar-refractivity contribution in [3.05, 3.63) is 41.7 Å². The standard InChI is InChI=1S/C10H9N3O/c11-5-2-1-3-8-7-13-6-4-9(8)10(12)14/h1-2,4,6-7H,3H2,(H2,12,14). The summed E-state index contributed by atoms with van der Waals surface area (Å²) in [5, 5.41) is 8.28. The first-order chi connectivity index (χ1) is 6.75. The zero-order valence-electron chi connectivity index (χ0n) is 7.47. The topological polar surface area (TPSA) is 79.8 Å². The van der Waals surface area contributed by atoms with E-state index in [-0.39, 0.29) is 0 Å². The molecule has 2 N–H and O–H groups in total. The second kappa shape index (κ2) is 4.77. The van der Waals surface area contributed by atoms with Crippen LogP contribution in [0.3, 0.4) is 0 Å². The van der Waals surface area contributed by atoms with Crippen molar-refractivity contribution in [2.75, 3.05) is 0 Å². The number of aromatic nitrogens is 1. The molecule has 1 aromatic rings. The van der Waals surface area contributed by atoms with Gasteiger partial charge in [-0.25, -0.2) is 0 Å². The number of nitrogens with two attached hydrogens (primary N) is 1. The monoisotopic (exact) mass is 187 g/mol. The molecule has 0 aliphatic carbocycles. The number of amides is 1. The van der Waals surface area contributed by atoms with Crippen LogP contribution in [0, 0.1) is 11.3 Å². The Kier molecular flexibility index (Phi) is 3.39. The Morgan fingerprint density at radius 3 is 3.14 bits per heavy atom. The molecule has 0 aromatic carbocycles. The molecule has 14 heavy (non-hydrogen) atoms. The number of hydrogen-bond donors (Lipinski definition) is 1. The van der Waals surface area contributed by atoms with Gasteiger partial charge < -0.3 is 5.73 Å². The summed E-state index contributed by atoms with van der Waals surface area (Å²) >= 11 is 0. The molecule has 1 aromatic heterocycles. The average Bonchev–Trinajstić information content (AvgIpc) is 2.19. The van der Waals surface area contributed by atoms with E-state index in [0.717, 1.165) is 5.56 Å².